The number of nitrogens with zero attached hydrogens (tertiary/aromatic N) is 1. The van der Waals surface area contributed by atoms with Crippen LogP contribution < -0.4 is 15.8 Å². The van der Waals surface area contributed by atoms with Crippen molar-refractivity contribution in [2.75, 3.05) is 24.5 Å². The maximum atomic E-state index is 12.0. The Labute approximate surface area is 102 Å². The summed E-state index contributed by atoms with van der Waals surface area (Å²) < 4.78 is 0. The van der Waals surface area contributed by atoms with Crippen LogP contribution >= 0.6 is 0 Å². The molecule has 2 N–H and O–H groups in total. The van der Waals surface area contributed by atoms with Crippen LogP contribution in [0.3, 0.4) is 0 Å². The first-order valence-corrected chi connectivity index (χ1v) is 6.29. The van der Waals surface area contributed by atoms with Crippen molar-refractivity contribution < 1.29 is 0 Å². The second-order valence-corrected chi connectivity index (χ2v) is 5.08. The summed E-state index contributed by atoms with van der Waals surface area (Å²) in [4.78, 5) is 17.2. The first-order chi connectivity index (χ1) is 8.08. The summed E-state index contributed by atoms with van der Waals surface area (Å²) in [5.41, 5.74) is 1.83. The number of aromatic nitrogens is 1. The average molecular weight is 235 g/mol. The molecule has 2 rings (SSSR count). The standard InChI is InChI=1S/C13H21N3O/c1-9(2)11-4-5-12(13(17)15-11)16-7-6-14-10(3)8-16/h4-5,9-10,14H,6-8H2,1-3H3,(H,15,17)/t10-/m1/s1. The lowest BCUT2D eigenvalue weighted by Crippen LogP contribution is -2.50. The molecule has 0 saturated carbocycles. The molecule has 1 aliphatic heterocycles. The average Bonchev–Trinajstić information content (AvgIpc) is 2.28. The van der Waals surface area contributed by atoms with Gasteiger partial charge in [-0.1, -0.05) is 13.8 Å². The molecule has 1 fully saturated rings. The lowest BCUT2D eigenvalue weighted by atomic mass is 10.1. The largest absolute Gasteiger partial charge is 0.364 e. The van der Waals surface area contributed by atoms with Crippen LogP contribution in [0.15, 0.2) is 16.9 Å². The Hall–Kier alpha value is -1.29. The zero-order valence-electron chi connectivity index (χ0n) is 10.8. The Morgan fingerprint density at radius 1 is 1.41 bits per heavy atom. The minimum absolute atomic E-state index is 0.0327. The molecular weight excluding hydrogens is 214 g/mol. The van der Waals surface area contributed by atoms with Gasteiger partial charge in [-0.2, -0.15) is 0 Å². The number of hydrogen-bond acceptors (Lipinski definition) is 3. The fraction of sp³-hybridized carbons (Fsp3) is 0.615. The van der Waals surface area contributed by atoms with Crippen molar-refractivity contribution >= 4 is 5.69 Å². The highest BCUT2D eigenvalue weighted by Gasteiger charge is 2.18. The van der Waals surface area contributed by atoms with Crippen LogP contribution in [0.25, 0.3) is 0 Å². The van der Waals surface area contributed by atoms with E-state index >= 15 is 0 Å². The quantitative estimate of drug-likeness (QED) is 0.812. The molecule has 1 aromatic heterocycles. The zero-order chi connectivity index (χ0) is 12.4. The molecule has 0 bridgehead atoms. The van der Waals surface area contributed by atoms with Crippen LogP contribution in [0.2, 0.25) is 0 Å². The molecule has 1 saturated heterocycles. The van der Waals surface area contributed by atoms with Gasteiger partial charge in [0.15, 0.2) is 0 Å². The minimum atomic E-state index is 0.0327. The molecule has 0 amide bonds. The van der Waals surface area contributed by atoms with E-state index in [4.69, 9.17) is 0 Å². The molecular formula is C13H21N3O. The molecule has 0 aliphatic carbocycles. The van der Waals surface area contributed by atoms with Crippen molar-refractivity contribution in [2.24, 2.45) is 0 Å². The van der Waals surface area contributed by atoms with E-state index in [1.54, 1.807) is 0 Å². The highest BCUT2D eigenvalue weighted by Crippen LogP contribution is 2.14. The van der Waals surface area contributed by atoms with Crippen molar-refractivity contribution in [3.63, 3.8) is 0 Å². The fourth-order valence-corrected chi connectivity index (χ4v) is 2.22. The van der Waals surface area contributed by atoms with Gasteiger partial charge in [-0.15, -0.1) is 0 Å². The van der Waals surface area contributed by atoms with Gasteiger partial charge in [-0.25, -0.2) is 0 Å². The molecule has 4 heteroatoms. The maximum absolute atomic E-state index is 12.0. The monoisotopic (exact) mass is 235 g/mol. The molecule has 1 aliphatic rings. The lowest BCUT2D eigenvalue weighted by molar-refractivity contribution is 0.484. The van der Waals surface area contributed by atoms with E-state index in [1.165, 1.54) is 0 Å². The maximum Gasteiger partial charge on any atom is 0.271 e. The van der Waals surface area contributed by atoms with E-state index in [0.29, 0.717) is 12.0 Å². The molecule has 94 valence electrons. The van der Waals surface area contributed by atoms with E-state index in [2.05, 4.69) is 36.0 Å². The molecule has 0 radical (unpaired) electrons. The summed E-state index contributed by atoms with van der Waals surface area (Å²) in [6, 6.07) is 4.41. The van der Waals surface area contributed by atoms with Crippen LogP contribution in [0.4, 0.5) is 5.69 Å². The molecule has 0 spiro atoms. The normalized spacial score (nSPS) is 20.9. The molecule has 1 aromatic rings. The van der Waals surface area contributed by atoms with Crippen molar-refractivity contribution in [1.82, 2.24) is 10.3 Å². The minimum Gasteiger partial charge on any atom is -0.364 e. The van der Waals surface area contributed by atoms with Crippen molar-refractivity contribution in [3.05, 3.63) is 28.2 Å². The van der Waals surface area contributed by atoms with Crippen LogP contribution in [0.1, 0.15) is 32.4 Å². The van der Waals surface area contributed by atoms with E-state index in [9.17, 15) is 4.79 Å². The van der Waals surface area contributed by atoms with Gasteiger partial charge in [0.1, 0.15) is 5.69 Å². The number of H-pyrrole nitrogens is 1. The molecule has 0 aromatic carbocycles. The van der Waals surface area contributed by atoms with E-state index in [1.807, 2.05) is 12.1 Å². The van der Waals surface area contributed by atoms with Gasteiger partial charge >= 0.3 is 0 Å². The highest BCUT2D eigenvalue weighted by atomic mass is 16.1. The SMILES string of the molecule is CC(C)c1ccc(N2CCN[C@H](C)C2)c(=O)[nH]1. The third kappa shape index (κ3) is 2.69. The Balaban J connectivity index is 2.24. The molecule has 2 heterocycles. The summed E-state index contributed by atoms with van der Waals surface area (Å²) in [6.45, 7) is 9.03. The fourth-order valence-electron chi connectivity index (χ4n) is 2.22. The number of anilines is 1. The Morgan fingerprint density at radius 3 is 2.76 bits per heavy atom. The topological polar surface area (TPSA) is 48.1 Å². The Kier molecular flexibility index (Phi) is 3.52. The van der Waals surface area contributed by atoms with E-state index in [-0.39, 0.29) is 5.56 Å². The number of nitrogens with one attached hydrogen (secondary N) is 2. The summed E-state index contributed by atoms with van der Waals surface area (Å²) >= 11 is 0. The first-order valence-electron chi connectivity index (χ1n) is 6.29. The number of piperazine rings is 1. The lowest BCUT2D eigenvalue weighted by Gasteiger charge is -2.33. The number of pyridine rings is 1. The van der Waals surface area contributed by atoms with Crippen LogP contribution in [-0.4, -0.2) is 30.7 Å². The van der Waals surface area contributed by atoms with Gasteiger partial charge in [0.25, 0.3) is 5.56 Å². The number of hydrogen-bond donors (Lipinski definition) is 2. The van der Waals surface area contributed by atoms with Gasteiger partial charge < -0.3 is 15.2 Å². The van der Waals surface area contributed by atoms with Gasteiger partial charge in [0.05, 0.1) is 0 Å². The van der Waals surface area contributed by atoms with Gasteiger partial charge in [0.2, 0.25) is 0 Å². The van der Waals surface area contributed by atoms with Gasteiger partial charge in [-0.05, 0) is 25.0 Å². The van der Waals surface area contributed by atoms with Crippen LogP contribution in [0.5, 0.6) is 0 Å². The smallest absolute Gasteiger partial charge is 0.271 e. The highest BCUT2D eigenvalue weighted by molar-refractivity contribution is 5.45. The predicted molar refractivity (Wildman–Crippen MR) is 70.8 cm³/mol. The molecule has 17 heavy (non-hydrogen) atoms. The number of aromatic amines is 1. The van der Waals surface area contributed by atoms with Crippen LogP contribution in [-0.2, 0) is 0 Å². The second kappa shape index (κ2) is 4.92. The third-order valence-corrected chi connectivity index (χ3v) is 3.24. The van der Waals surface area contributed by atoms with Crippen molar-refractivity contribution in [1.29, 1.82) is 0 Å². The molecule has 0 unspecified atom stereocenters. The molecule has 4 nitrogen and oxygen atoms in total. The van der Waals surface area contributed by atoms with E-state index in [0.717, 1.165) is 31.0 Å². The summed E-state index contributed by atoms with van der Waals surface area (Å²) in [6.07, 6.45) is 0. The zero-order valence-corrected chi connectivity index (χ0v) is 10.8. The molecule has 1 atom stereocenters. The Bertz CT molecular complexity index is 439. The Morgan fingerprint density at radius 2 is 2.18 bits per heavy atom. The van der Waals surface area contributed by atoms with Crippen LogP contribution in [0, 0.1) is 0 Å². The summed E-state index contributed by atoms with van der Waals surface area (Å²) in [7, 11) is 0. The van der Waals surface area contributed by atoms with Crippen molar-refractivity contribution in [3.8, 4) is 0 Å². The summed E-state index contributed by atoms with van der Waals surface area (Å²) in [5, 5.41) is 3.38. The van der Waals surface area contributed by atoms with E-state index < -0.39 is 0 Å². The number of rotatable bonds is 2. The second-order valence-electron chi connectivity index (χ2n) is 5.08. The van der Waals surface area contributed by atoms with Gasteiger partial charge in [-0.3, -0.25) is 4.79 Å². The summed E-state index contributed by atoms with van der Waals surface area (Å²) in [5.74, 6) is 0.360. The first kappa shape index (κ1) is 12.2. The predicted octanol–water partition coefficient (Wildman–Crippen LogP) is 1.30. The third-order valence-electron chi connectivity index (χ3n) is 3.24. The van der Waals surface area contributed by atoms with Crippen molar-refractivity contribution in [2.45, 2.75) is 32.7 Å². The van der Waals surface area contributed by atoms with Gasteiger partial charge in [0, 0.05) is 31.4 Å².